The van der Waals surface area contributed by atoms with Gasteiger partial charge < -0.3 is 4.74 Å². The second-order valence-corrected chi connectivity index (χ2v) is 1.75. The normalized spacial score (nSPS) is 10.1. The minimum absolute atomic E-state index is 0.118. The number of nitrogens with zero attached hydrogens (tertiary/aromatic N) is 2. The Labute approximate surface area is 62.0 Å². The van der Waals surface area contributed by atoms with Gasteiger partial charge in [-0.1, -0.05) is 0 Å². The molecule has 11 heavy (non-hydrogen) atoms. The van der Waals surface area contributed by atoms with E-state index >= 15 is 0 Å². The zero-order valence-electron chi connectivity index (χ0n) is 5.58. The number of hydrogen-bond donors (Lipinski definition) is 0. The van der Waals surface area contributed by atoms with Crippen LogP contribution in [0.15, 0.2) is 18.6 Å². The predicted molar refractivity (Wildman–Crippen MR) is 33.5 cm³/mol. The maximum absolute atomic E-state index is 11.5. The quantitative estimate of drug-likeness (QED) is 0.664. The lowest BCUT2D eigenvalue weighted by Gasteiger charge is -2.01. The van der Waals surface area contributed by atoms with E-state index < -0.39 is 13.0 Å². The number of halogens is 2. The number of ether oxygens (including phenoxy) is 1. The monoisotopic (exact) mass is 160 g/mol. The van der Waals surface area contributed by atoms with Crippen LogP contribution in [0.4, 0.5) is 8.78 Å². The molecular weight excluding hydrogens is 154 g/mol. The van der Waals surface area contributed by atoms with Crippen LogP contribution < -0.4 is 4.74 Å². The van der Waals surface area contributed by atoms with Crippen molar-refractivity contribution in [3.63, 3.8) is 0 Å². The molecule has 1 rings (SSSR count). The van der Waals surface area contributed by atoms with Crippen molar-refractivity contribution in [2.24, 2.45) is 0 Å². The zero-order valence-corrected chi connectivity index (χ0v) is 5.58. The lowest BCUT2D eigenvalue weighted by Crippen LogP contribution is -2.07. The highest BCUT2D eigenvalue weighted by molar-refractivity contribution is 5.00. The molecule has 0 bridgehead atoms. The fourth-order valence-corrected chi connectivity index (χ4v) is 0.508. The number of alkyl halides is 2. The zero-order chi connectivity index (χ0) is 8.10. The summed E-state index contributed by atoms with van der Waals surface area (Å²) in [6.45, 7) is -0.640. The Kier molecular flexibility index (Phi) is 2.71. The van der Waals surface area contributed by atoms with Crippen LogP contribution >= 0.6 is 0 Å². The Bertz CT molecular complexity index is 205. The molecule has 1 heterocycles. The van der Waals surface area contributed by atoms with Crippen LogP contribution in [-0.4, -0.2) is 23.0 Å². The first-order valence-electron chi connectivity index (χ1n) is 2.96. The van der Waals surface area contributed by atoms with Gasteiger partial charge in [0, 0.05) is 12.4 Å². The van der Waals surface area contributed by atoms with E-state index in [4.69, 9.17) is 0 Å². The van der Waals surface area contributed by atoms with Gasteiger partial charge in [-0.15, -0.1) is 0 Å². The van der Waals surface area contributed by atoms with Crippen molar-refractivity contribution in [3.8, 4) is 5.88 Å². The molecule has 5 heteroatoms. The highest BCUT2D eigenvalue weighted by atomic mass is 19.3. The SMILES string of the molecule is FC(F)COc1cnccn1. The fourth-order valence-electron chi connectivity index (χ4n) is 0.508. The van der Waals surface area contributed by atoms with Gasteiger partial charge in [-0.25, -0.2) is 13.8 Å². The summed E-state index contributed by atoms with van der Waals surface area (Å²) in [5, 5.41) is 0. The van der Waals surface area contributed by atoms with Crippen molar-refractivity contribution < 1.29 is 13.5 Å². The predicted octanol–water partition coefficient (Wildman–Crippen LogP) is 1.12. The third-order valence-electron chi connectivity index (χ3n) is 0.897. The molecule has 0 aromatic carbocycles. The van der Waals surface area contributed by atoms with Gasteiger partial charge in [0.05, 0.1) is 6.20 Å². The summed E-state index contributed by atoms with van der Waals surface area (Å²) in [5.74, 6) is 0.118. The third kappa shape index (κ3) is 2.88. The lowest BCUT2D eigenvalue weighted by molar-refractivity contribution is 0.0794. The molecule has 0 amide bonds. The lowest BCUT2D eigenvalue weighted by atomic mass is 10.7. The smallest absolute Gasteiger partial charge is 0.272 e. The van der Waals surface area contributed by atoms with E-state index in [1.807, 2.05) is 0 Å². The van der Waals surface area contributed by atoms with Crippen LogP contribution in [0.5, 0.6) is 5.88 Å². The molecule has 60 valence electrons. The number of aromatic nitrogens is 2. The van der Waals surface area contributed by atoms with Crippen LogP contribution in [0, 0.1) is 0 Å². The summed E-state index contributed by atoms with van der Waals surface area (Å²) < 4.78 is 27.6. The molecule has 0 spiro atoms. The summed E-state index contributed by atoms with van der Waals surface area (Å²) in [6, 6.07) is 0. The van der Waals surface area contributed by atoms with Gasteiger partial charge in [0.15, 0.2) is 6.61 Å². The van der Waals surface area contributed by atoms with Crippen LogP contribution in [-0.2, 0) is 0 Å². The van der Waals surface area contributed by atoms with Crippen LogP contribution in [0.25, 0.3) is 0 Å². The first-order chi connectivity index (χ1) is 5.29. The van der Waals surface area contributed by atoms with E-state index in [0.29, 0.717) is 0 Å². The first-order valence-corrected chi connectivity index (χ1v) is 2.96. The maximum Gasteiger partial charge on any atom is 0.272 e. The van der Waals surface area contributed by atoms with Gasteiger partial charge in [0.25, 0.3) is 6.43 Å². The molecule has 0 N–H and O–H groups in total. The van der Waals surface area contributed by atoms with Crippen LogP contribution in [0.1, 0.15) is 0 Å². The van der Waals surface area contributed by atoms with E-state index in [-0.39, 0.29) is 5.88 Å². The molecule has 0 saturated heterocycles. The maximum atomic E-state index is 11.5. The molecule has 0 fully saturated rings. The third-order valence-corrected chi connectivity index (χ3v) is 0.897. The second-order valence-electron chi connectivity index (χ2n) is 1.75. The van der Waals surface area contributed by atoms with Gasteiger partial charge in [0.1, 0.15) is 0 Å². The van der Waals surface area contributed by atoms with Gasteiger partial charge >= 0.3 is 0 Å². The van der Waals surface area contributed by atoms with Gasteiger partial charge in [0.2, 0.25) is 5.88 Å². The molecule has 0 saturated carbocycles. The summed E-state index contributed by atoms with van der Waals surface area (Å²) in [5.41, 5.74) is 0. The van der Waals surface area contributed by atoms with Crippen molar-refractivity contribution in [2.75, 3.05) is 6.61 Å². The average molecular weight is 160 g/mol. The fraction of sp³-hybridized carbons (Fsp3) is 0.333. The summed E-state index contributed by atoms with van der Waals surface area (Å²) in [6.07, 6.45) is 1.62. The van der Waals surface area contributed by atoms with Gasteiger partial charge in [-0.2, -0.15) is 0 Å². The molecule has 3 nitrogen and oxygen atoms in total. The van der Waals surface area contributed by atoms with E-state index in [2.05, 4.69) is 14.7 Å². The summed E-state index contributed by atoms with van der Waals surface area (Å²) in [7, 11) is 0. The second kappa shape index (κ2) is 3.80. The minimum Gasteiger partial charge on any atom is -0.470 e. The van der Waals surface area contributed by atoms with Gasteiger partial charge in [-0.05, 0) is 0 Å². The van der Waals surface area contributed by atoms with Crippen molar-refractivity contribution in [3.05, 3.63) is 18.6 Å². The molecule has 0 radical (unpaired) electrons. The van der Waals surface area contributed by atoms with Gasteiger partial charge in [-0.3, -0.25) is 4.98 Å². The highest BCUT2D eigenvalue weighted by Gasteiger charge is 2.02. The summed E-state index contributed by atoms with van der Waals surface area (Å²) in [4.78, 5) is 7.26. The Morgan fingerprint density at radius 2 is 2.27 bits per heavy atom. The highest BCUT2D eigenvalue weighted by Crippen LogP contribution is 2.02. The van der Waals surface area contributed by atoms with E-state index in [1.54, 1.807) is 0 Å². The Hall–Kier alpha value is -1.26. The topological polar surface area (TPSA) is 35.0 Å². The molecular formula is C6H6F2N2O. The van der Waals surface area contributed by atoms with Crippen molar-refractivity contribution >= 4 is 0 Å². The molecule has 0 aliphatic rings. The molecule has 0 aliphatic carbocycles. The molecule has 0 atom stereocenters. The molecule has 1 aromatic heterocycles. The van der Waals surface area contributed by atoms with Crippen LogP contribution in [0.2, 0.25) is 0 Å². The van der Waals surface area contributed by atoms with Crippen molar-refractivity contribution in [1.82, 2.24) is 9.97 Å². The number of rotatable bonds is 3. The van der Waals surface area contributed by atoms with Crippen molar-refractivity contribution in [1.29, 1.82) is 0 Å². The molecule has 0 unspecified atom stereocenters. The first kappa shape index (κ1) is 7.84. The largest absolute Gasteiger partial charge is 0.470 e. The standard InChI is InChI=1S/C6H6F2N2O/c7-5(8)4-11-6-3-9-1-2-10-6/h1-3,5H,4H2. The Morgan fingerprint density at radius 1 is 1.45 bits per heavy atom. The Balaban J connectivity index is 2.39. The van der Waals surface area contributed by atoms with E-state index in [1.165, 1.54) is 18.6 Å². The molecule has 1 aromatic rings. The van der Waals surface area contributed by atoms with Crippen molar-refractivity contribution in [2.45, 2.75) is 6.43 Å². The minimum atomic E-state index is -2.47. The summed E-state index contributed by atoms with van der Waals surface area (Å²) >= 11 is 0. The number of hydrogen-bond acceptors (Lipinski definition) is 3. The van der Waals surface area contributed by atoms with E-state index in [0.717, 1.165) is 0 Å². The van der Waals surface area contributed by atoms with E-state index in [9.17, 15) is 8.78 Å². The van der Waals surface area contributed by atoms with Crippen LogP contribution in [0.3, 0.4) is 0 Å². The average Bonchev–Trinajstić information content (AvgIpc) is 2.03. The Morgan fingerprint density at radius 3 is 2.82 bits per heavy atom. The molecule has 0 aliphatic heterocycles.